The van der Waals surface area contributed by atoms with E-state index in [-0.39, 0.29) is 17.9 Å². The number of nitrogens with one attached hydrogen (secondary N) is 1. The Morgan fingerprint density at radius 2 is 1.88 bits per heavy atom. The maximum Gasteiger partial charge on any atom is 0.408 e. The molecule has 1 heterocycles. The lowest BCUT2D eigenvalue weighted by atomic mass is 10.0. The van der Waals surface area contributed by atoms with Gasteiger partial charge in [-0.15, -0.1) is 0 Å². The molecule has 2 amide bonds. The Hall–Kier alpha value is -2.04. The molecule has 1 aliphatic rings. The SMILES string of the molecule is CC(C)C(NC(=O)OC(C)(C)C)C(=O)N1c2ccccc2CC1C. The highest BCUT2D eigenvalue weighted by molar-refractivity contribution is 6.01. The third-order valence-corrected chi connectivity index (χ3v) is 4.05. The second kappa shape index (κ2) is 6.83. The molecule has 2 atom stereocenters. The monoisotopic (exact) mass is 332 g/mol. The summed E-state index contributed by atoms with van der Waals surface area (Å²) in [6.07, 6.45) is 0.272. The zero-order valence-corrected chi connectivity index (χ0v) is 15.4. The predicted molar refractivity (Wildman–Crippen MR) is 95.1 cm³/mol. The third kappa shape index (κ3) is 4.08. The third-order valence-electron chi connectivity index (χ3n) is 4.05. The number of alkyl carbamates (subject to hydrolysis) is 1. The Morgan fingerprint density at radius 3 is 2.46 bits per heavy atom. The lowest BCUT2D eigenvalue weighted by Gasteiger charge is -2.31. The van der Waals surface area contributed by atoms with Crippen molar-refractivity contribution in [1.29, 1.82) is 0 Å². The summed E-state index contributed by atoms with van der Waals surface area (Å²) in [5.41, 5.74) is 1.51. The van der Waals surface area contributed by atoms with Gasteiger partial charge in [0.1, 0.15) is 11.6 Å². The Labute approximate surface area is 144 Å². The molecule has 0 bridgehead atoms. The van der Waals surface area contributed by atoms with Gasteiger partial charge in [-0.3, -0.25) is 4.79 Å². The maximum atomic E-state index is 13.1. The van der Waals surface area contributed by atoms with Crippen molar-refractivity contribution in [3.8, 4) is 0 Å². The zero-order valence-electron chi connectivity index (χ0n) is 15.4. The van der Waals surface area contributed by atoms with Crippen molar-refractivity contribution in [3.63, 3.8) is 0 Å². The van der Waals surface area contributed by atoms with E-state index in [0.29, 0.717) is 0 Å². The van der Waals surface area contributed by atoms with Crippen LogP contribution in [-0.4, -0.2) is 29.7 Å². The Morgan fingerprint density at radius 1 is 1.25 bits per heavy atom. The molecule has 1 N–H and O–H groups in total. The molecular formula is C19H28N2O3. The second-order valence-corrected chi connectivity index (χ2v) is 7.76. The topological polar surface area (TPSA) is 58.6 Å². The summed E-state index contributed by atoms with van der Waals surface area (Å²) in [4.78, 5) is 27.0. The molecular weight excluding hydrogens is 304 g/mol. The van der Waals surface area contributed by atoms with Gasteiger partial charge in [0.15, 0.2) is 0 Å². The van der Waals surface area contributed by atoms with Crippen LogP contribution in [0.15, 0.2) is 24.3 Å². The molecule has 1 aromatic rings. The summed E-state index contributed by atoms with van der Waals surface area (Å²) in [6.45, 7) is 11.3. The summed E-state index contributed by atoms with van der Waals surface area (Å²) in [7, 11) is 0. The summed E-state index contributed by atoms with van der Waals surface area (Å²) in [6, 6.07) is 7.39. The van der Waals surface area contributed by atoms with E-state index < -0.39 is 17.7 Å². The van der Waals surface area contributed by atoms with Gasteiger partial charge in [0.25, 0.3) is 0 Å². The molecule has 0 saturated carbocycles. The van der Waals surface area contributed by atoms with Crippen LogP contribution in [0, 0.1) is 5.92 Å². The van der Waals surface area contributed by atoms with Gasteiger partial charge in [0.05, 0.1) is 0 Å². The van der Waals surface area contributed by atoms with Crippen molar-refractivity contribution in [2.75, 3.05) is 4.90 Å². The first-order valence-corrected chi connectivity index (χ1v) is 8.50. The number of ether oxygens (including phenoxy) is 1. The quantitative estimate of drug-likeness (QED) is 0.921. The lowest BCUT2D eigenvalue weighted by molar-refractivity contribution is -0.121. The van der Waals surface area contributed by atoms with Gasteiger partial charge < -0.3 is 15.0 Å². The largest absolute Gasteiger partial charge is 0.444 e. The number of hydrogen-bond acceptors (Lipinski definition) is 3. The highest BCUT2D eigenvalue weighted by Crippen LogP contribution is 2.32. The van der Waals surface area contributed by atoms with Crippen molar-refractivity contribution in [3.05, 3.63) is 29.8 Å². The van der Waals surface area contributed by atoms with Crippen LogP contribution >= 0.6 is 0 Å². The van der Waals surface area contributed by atoms with E-state index in [2.05, 4.69) is 5.32 Å². The van der Waals surface area contributed by atoms with Gasteiger partial charge >= 0.3 is 6.09 Å². The molecule has 5 heteroatoms. The number of anilines is 1. The van der Waals surface area contributed by atoms with Crippen LogP contribution in [-0.2, 0) is 16.0 Å². The van der Waals surface area contributed by atoms with Crippen molar-refractivity contribution in [1.82, 2.24) is 5.32 Å². The zero-order chi connectivity index (χ0) is 18.1. The minimum absolute atomic E-state index is 0.0371. The number of amides is 2. The van der Waals surface area contributed by atoms with Gasteiger partial charge in [-0.1, -0.05) is 32.0 Å². The van der Waals surface area contributed by atoms with Crippen molar-refractivity contribution < 1.29 is 14.3 Å². The smallest absolute Gasteiger partial charge is 0.408 e. The number of carbonyl (C=O) groups excluding carboxylic acids is 2. The molecule has 0 aromatic heterocycles. The summed E-state index contributed by atoms with van der Waals surface area (Å²) in [5, 5.41) is 2.75. The standard InChI is InChI=1S/C19H28N2O3/c1-12(2)16(20-18(23)24-19(4,5)6)17(22)21-13(3)11-14-9-7-8-10-15(14)21/h7-10,12-13,16H,11H2,1-6H3,(H,20,23). The maximum absolute atomic E-state index is 13.1. The molecule has 0 spiro atoms. The molecule has 2 unspecified atom stereocenters. The molecule has 5 nitrogen and oxygen atoms in total. The van der Waals surface area contributed by atoms with E-state index in [9.17, 15) is 9.59 Å². The van der Waals surface area contributed by atoms with Crippen LogP contribution in [0.4, 0.5) is 10.5 Å². The number of benzene rings is 1. The molecule has 0 radical (unpaired) electrons. The minimum atomic E-state index is -0.617. The van der Waals surface area contributed by atoms with E-state index >= 15 is 0 Å². The average molecular weight is 332 g/mol. The molecule has 0 aliphatic carbocycles. The van der Waals surface area contributed by atoms with E-state index in [1.807, 2.05) is 45.0 Å². The molecule has 2 rings (SSSR count). The fourth-order valence-corrected chi connectivity index (χ4v) is 3.00. The Kier molecular flexibility index (Phi) is 5.21. The second-order valence-electron chi connectivity index (χ2n) is 7.76. The van der Waals surface area contributed by atoms with Gasteiger partial charge in [-0.05, 0) is 51.7 Å². The van der Waals surface area contributed by atoms with Crippen LogP contribution in [0.1, 0.15) is 47.1 Å². The highest BCUT2D eigenvalue weighted by atomic mass is 16.6. The fourth-order valence-electron chi connectivity index (χ4n) is 3.00. The molecule has 1 aromatic carbocycles. The van der Waals surface area contributed by atoms with E-state index in [0.717, 1.165) is 17.7 Å². The van der Waals surface area contributed by atoms with Crippen LogP contribution in [0.2, 0.25) is 0 Å². The van der Waals surface area contributed by atoms with Gasteiger partial charge in [0, 0.05) is 11.7 Å². The molecule has 132 valence electrons. The van der Waals surface area contributed by atoms with Gasteiger partial charge in [-0.25, -0.2) is 4.79 Å². The number of hydrogen-bond donors (Lipinski definition) is 1. The Balaban J connectivity index is 2.19. The molecule has 24 heavy (non-hydrogen) atoms. The number of para-hydroxylation sites is 1. The van der Waals surface area contributed by atoms with Crippen molar-refractivity contribution >= 4 is 17.7 Å². The van der Waals surface area contributed by atoms with Crippen molar-refractivity contribution in [2.45, 2.75) is 65.6 Å². The normalized spacial score (nSPS) is 18.3. The van der Waals surface area contributed by atoms with Crippen LogP contribution < -0.4 is 10.2 Å². The fraction of sp³-hybridized carbons (Fsp3) is 0.579. The van der Waals surface area contributed by atoms with Crippen LogP contribution in [0.3, 0.4) is 0 Å². The lowest BCUT2D eigenvalue weighted by Crippen LogP contribution is -2.53. The van der Waals surface area contributed by atoms with Crippen LogP contribution in [0.5, 0.6) is 0 Å². The summed E-state index contributed by atoms with van der Waals surface area (Å²) < 4.78 is 5.31. The average Bonchev–Trinajstić information content (AvgIpc) is 2.77. The van der Waals surface area contributed by atoms with Gasteiger partial charge in [0.2, 0.25) is 5.91 Å². The highest BCUT2D eigenvalue weighted by Gasteiger charge is 2.37. The van der Waals surface area contributed by atoms with E-state index in [1.54, 1.807) is 25.7 Å². The molecule has 1 aliphatic heterocycles. The predicted octanol–water partition coefficient (Wildman–Crippen LogP) is 3.51. The first-order chi connectivity index (χ1) is 11.1. The minimum Gasteiger partial charge on any atom is -0.444 e. The summed E-state index contributed by atoms with van der Waals surface area (Å²) in [5.74, 6) is -0.127. The van der Waals surface area contributed by atoms with E-state index in [1.165, 1.54) is 0 Å². The number of carbonyl (C=O) groups is 2. The van der Waals surface area contributed by atoms with Gasteiger partial charge in [-0.2, -0.15) is 0 Å². The first kappa shape index (κ1) is 18.3. The van der Waals surface area contributed by atoms with Crippen molar-refractivity contribution in [2.24, 2.45) is 5.92 Å². The number of nitrogens with zero attached hydrogens (tertiary/aromatic N) is 1. The molecule has 0 fully saturated rings. The first-order valence-electron chi connectivity index (χ1n) is 8.50. The Bertz CT molecular complexity index is 619. The number of fused-ring (bicyclic) bond motifs is 1. The van der Waals surface area contributed by atoms with Crippen LogP contribution in [0.25, 0.3) is 0 Å². The summed E-state index contributed by atoms with van der Waals surface area (Å²) >= 11 is 0. The number of rotatable bonds is 3. The molecule has 0 saturated heterocycles. The van der Waals surface area contributed by atoms with E-state index in [4.69, 9.17) is 4.74 Å².